The van der Waals surface area contributed by atoms with Crippen LogP contribution in [0.5, 0.6) is 0 Å². The zero-order valence-electron chi connectivity index (χ0n) is 5.55. The molecule has 2 fully saturated rings. The summed E-state index contributed by atoms with van der Waals surface area (Å²) in [4.78, 5) is 0. The van der Waals surface area contributed by atoms with Crippen molar-refractivity contribution in [3.05, 3.63) is 0 Å². The molecule has 3 atom stereocenters. The Hall–Kier alpha value is -0.0800. The van der Waals surface area contributed by atoms with Crippen molar-refractivity contribution in [2.45, 2.75) is 31.4 Å². The second-order valence-corrected chi connectivity index (χ2v) is 3.19. The Morgan fingerprint density at radius 1 is 1.33 bits per heavy atom. The Morgan fingerprint density at radius 3 is 3.00 bits per heavy atom. The van der Waals surface area contributed by atoms with Gasteiger partial charge in [-0.05, 0) is 25.2 Å². The van der Waals surface area contributed by atoms with Gasteiger partial charge in [0.25, 0.3) is 0 Å². The first-order chi connectivity index (χ1) is 4.36. The van der Waals surface area contributed by atoms with Crippen LogP contribution in [-0.2, 0) is 4.74 Å². The number of hydrogen-bond acceptors (Lipinski definition) is 2. The van der Waals surface area contributed by atoms with Gasteiger partial charge < -0.3 is 10.5 Å². The summed E-state index contributed by atoms with van der Waals surface area (Å²) in [6, 6.07) is 0.434. The molecular formula is C7H13NO. The largest absolute Gasteiger partial charge is 0.378 e. The molecule has 2 aliphatic rings. The first kappa shape index (κ1) is 5.69. The van der Waals surface area contributed by atoms with E-state index in [1.165, 1.54) is 19.3 Å². The van der Waals surface area contributed by atoms with Gasteiger partial charge in [0.2, 0.25) is 0 Å². The first-order valence-corrected chi connectivity index (χ1v) is 3.73. The van der Waals surface area contributed by atoms with Gasteiger partial charge in [0.05, 0.1) is 12.7 Å². The third-order valence-corrected chi connectivity index (χ3v) is 2.54. The highest BCUT2D eigenvalue weighted by molar-refractivity contribution is 4.87. The molecule has 0 aromatic rings. The molecule has 1 saturated carbocycles. The zero-order valence-corrected chi connectivity index (χ0v) is 5.55. The maximum absolute atomic E-state index is 5.84. The van der Waals surface area contributed by atoms with Gasteiger partial charge in [-0.2, -0.15) is 0 Å². The van der Waals surface area contributed by atoms with Crippen LogP contribution in [0.2, 0.25) is 0 Å². The van der Waals surface area contributed by atoms with Gasteiger partial charge >= 0.3 is 0 Å². The fourth-order valence-corrected chi connectivity index (χ4v) is 1.85. The Bertz CT molecular complexity index is 115. The molecule has 2 N–H and O–H groups in total. The summed E-state index contributed by atoms with van der Waals surface area (Å²) in [6.07, 6.45) is 4.16. The predicted molar refractivity (Wildman–Crippen MR) is 35.1 cm³/mol. The summed E-state index contributed by atoms with van der Waals surface area (Å²) in [5, 5.41) is 0. The van der Waals surface area contributed by atoms with E-state index in [-0.39, 0.29) is 0 Å². The van der Waals surface area contributed by atoms with Crippen LogP contribution in [0.3, 0.4) is 0 Å². The molecular weight excluding hydrogens is 114 g/mol. The number of rotatable bonds is 0. The molecule has 0 amide bonds. The Kier molecular flexibility index (Phi) is 1.24. The smallest absolute Gasteiger partial charge is 0.0580 e. The van der Waals surface area contributed by atoms with Crippen molar-refractivity contribution in [2.24, 2.45) is 11.7 Å². The number of ether oxygens (including phenoxy) is 1. The van der Waals surface area contributed by atoms with Crippen LogP contribution >= 0.6 is 0 Å². The summed E-state index contributed by atoms with van der Waals surface area (Å²) in [7, 11) is 0. The summed E-state index contributed by atoms with van der Waals surface area (Å²) in [6.45, 7) is 0.922. The molecule has 2 nitrogen and oxygen atoms in total. The Morgan fingerprint density at radius 2 is 2.22 bits per heavy atom. The van der Waals surface area contributed by atoms with E-state index >= 15 is 0 Å². The lowest BCUT2D eigenvalue weighted by molar-refractivity contribution is 0.107. The minimum absolute atomic E-state index is 0.434. The van der Waals surface area contributed by atoms with Crippen molar-refractivity contribution in [2.75, 3.05) is 6.61 Å². The van der Waals surface area contributed by atoms with Crippen molar-refractivity contribution >= 4 is 0 Å². The quantitative estimate of drug-likeness (QED) is 0.514. The van der Waals surface area contributed by atoms with Gasteiger partial charge in [-0.25, -0.2) is 0 Å². The molecule has 1 aliphatic carbocycles. The second kappa shape index (κ2) is 1.96. The molecule has 2 rings (SSSR count). The van der Waals surface area contributed by atoms with E-state index in [4.69, 9.17) is 10.5 Å². The molecule has 0 aromatic heterocycles. The second-order valence-electron chi connectivity index (χ2n) is 3.19. The van der Waals surface area contributed by atoms with E-state index < -0.39 is 0 Å². The van der Waals surface area contributed by atoms with Crippen molar-refractivity contribution in [1.29, 1.82) is 0 Å². The minimum Gasteiger partial charge on any atom is -0.378 e. The molecule has 0 spiro atoms. The van der Waals surface area contributed by atoms with E-state index in [1.807, 2.05) is 0 Å². The van der Waals surface area contributed by atoms with Gasteiger partial charge in [-0.3, -0.25) is 0 Å². The minimum atomic E-state index is 0.434. The molecule has 2 bridgehead atoms. The van der Waals surface area contributed by atoms with Gasteiger partial charge in [-0.15, -0.1) is 0 Å². The lowest BCUT2D eigenvalue weighted by Crippen LogP contribution is -2.33. The number of fused-ring (bicyclic) bond motifs is 2. The fraction of sp³-hybridized carbons (Fsp3) is 1.00. The SMILES string of the molecule is N[C@@H]1CC[C@H]2C[C@@H]1CO2. The average molecular weight is 127 g/mol. The van der Waals surface area contributed by atoms with Crippen molar-refractivity contribution in [3.8, 4) is 0 Å². The molecule has 2 heteroatoms. The highest BCUT2D eigenvalue weighted by Gasteiger charge is 2.34. The summed E-state index contributed by atoms with van der Waals surface area (Å²) in [5.41, 5.74) is 5.84. The predicted octanol–water partition coefficient (Wildman–Crippen LogP) is 0.513. The standard InChI is InChI=1S/C7H13NO/c8-7-2-1-6-3-5(7)4-9-6/h5-7H,1-4,8H2/t5-,6+,7-/m1/s1. The van der Waals surface area contributed by atoms with Gasteiger partial charge in [0.1, 0.15) is 0 Å². The normalized spacial score (nSPS) is 49.7. The van der Waals surface area contributed by atoms with E-state index in [0.717, 1.165) is 6.61 Å². The third-order valence-electron chi connectivity index (χ3n) is 2.54. The Balaban J connectivity index is 2.05. The van der Waals surface area contributed by atoms with E-state index in [2.05, 4.69) is 0 Å². The average Bonchev–Trinajstić information content (AvgIpc) is 2.25. The van der Waals surface area contributed by atoms with Crippen molar-refractivity contribution in [1.82, 2.24) is 0 Å². The molecule has 0 unspecified atom stereocenters. The topological polar surface area (TPSA) is 35.2 Å². The van der Waals surface area contributed by atoms with Crippen LogP contribution in [0.1, 0.15) is 19.3 Å². The maximum atomic E-state index is 5.84. The molecule has 9 heavy (non-hydrogen) atoms. The first-order valence-electron chi connectivity index (χ1n) is 3.73. The Labute approximate surface area is 55.4 Å². The third kappa shape index (κ3) is 0.864. The van der Waals surface area contributed by atoms with E-state index in [0.29, 0.717) is 18.1 Å². The van der Waals surface area contributed by atoms with Crippen LogP contribution < -0.4 is 5.73 Å². The molecule has 1 saturated heterocycles. The lowest BCUT2D eigenvalue weighted by atomic mass is 9.86. The summed E-state index contributed by atoms with van der Waals surface area (Å²) in [5.74, 6) is 0.684. The van der Waals surface area contributed by atoms with Crippen LogP contribution in [0.4, 0.5) is 0 Å². The summed E-state index contributed by atoms with van der Waals surface area (Å²) >= 11 is 0. The summed E-state index contributed by atoms with van der Waals surface area (Å²) < 4.78 is 5.47. The van der Waals surface area contributed by atoms with E-state index in [9.17, 15) is 0 Å². The van der Waals surface area contributed by atoms with Crippen molar-refractivity contribution < 1.29 is 4.74 Å². The zero-order chi connectivity index (χ0) is 6.27. The van der Waals surface area contributed by atoms with Gasteiger partial charge in [0, 0.05) is 6.04 Å². The van der Waals surface area contributed by atoms with Crippen LogP contribution in [0, 0.1) is 5.92 Å². The van der Waals surface area contributed by atoms with Crippen molar-refractivity contribution in [3.63, 3.8) is 0 Å². The monoisotopic (exact) mass is 127 g/mol. The van der Waals surface area contributed by atoms with Crippen LogP contribution in [0.25, 0.3) is 0 Å². The maximum Gasteiger partial charge on any atom is 0.0580 e. The highest BCUT2D eigenvalue weighted by Crippen LogP contribution is 2.31. The number of hydrogen-bond donors (Lipinski definition) is 1. The van der Waals surface area contributed by atoms with Gasteiger partial charge in [0.15, 0.2) is 0 Å². The van der Waals surface area contributed by atoms with Gasteiger partial charge in [-0.1, -0.05) is 0 Å². The highest BCUT2D eigenvalue weighted by atomic mass is 16.5. The molecule has 1 aliphatic heterocycles. The van der Waals surface area contributed by atoms with Crippen LogP contribution in [0.15, 0.2) is 0 Å². The van der Waals surface area contributed by atoms with Crippen LogP contribution in [-0.4, -0.2) is 18.8 Å². The number of nitrogens with two attached hydrogens (primary N) is 1. The lowest BCUT2D eigenvalue weighted by Gasteiger charge is -2.22. The molecule has 0 aromatic carbocycles. The molecule has 1 heterocycles. The fourth-order valence-electron chi connectivity index (χ4n) is 1.85. The van der Waals surface area contributed by atoms with E-state index in [1.54, 1.807) is 0 Å². The molecule has 0 radical (unpaired) electrons. The molecule has 52 valence electrons.